The molecule has 0 atom stereocenters. The minimum atomic E-state index is -0.620. The first-order chi connectivity index (χ1) is 13.1. The van der Waals surface area contributed by atoms with Gasteiger partial charge in [0.1, 0.15) is 16.9 Å². The molecule has 7 heteroatoms. The molecule has 0 fully saturated rings. The van der Waals surface area contributed by atoms with E-state index in [1.54, 1.807) is 11.3 Å². The van der Waals surface area contributed by atoms with E-state index in [1.807, 2.05) is 35.8 Å². The lowest BCUT2D eigenvalue weighted by molar-refractivity contribution is -0.149. The number of hydrogen-bond donors (Lipinski definition) is 0. The van der Waals surface area contributed by atoms with Crippen molar-refractivity contribution >= 4 is 35.2 Å². The van der Waals surface area contributed by atoms with Gasteiger partial charge in [-0.05, 0) is 38.3 Å². The lowest BCUT2D eigenvalue weighted by Gasteiger charge is -2.25. The van der Waals surface area contributed by atoms with Gasteiger partial charge in [-0.15, -0.1) is 11.3 Å². The molecule has 0 N–H and O–H groups in total. The van der Waals surface area contributed by atoms with Crippen molar-refractivity contribution in [2.75, 3.05) is 6.61 Å². The normalized spacial score (nSPS) is 15.2. The predicted octanol–water partition coefficient (Wildman–Crippen LogP) is 4.56. The molecule has 1 aliphatic carbocycles. The Bertz CT molecular complexity index is 861. The fourth-order valence-corrected chi connectivity index (χ4v) is 4.89. The number of allylic oxidation sites excluding steroid dienone is 2. The van der Waals surface area contributed by atoms with E-state index in [2.05, 4.69) is 11.9 Å². The van der Waals surface area contributed by atoms with Crippen LogP contribution in [0.2, 0.25) is 5.15 Å². The maximum atomic E-state index is 12.6. The average molecular weight is 407 g/mol. The second-order valence-corrected chi connectivity index (χ2v) is 8.13. The topological polar surface area (TPSA) is 61.2 Å². The third-order valence-electron chi connectivity index (χ3n) is 4.84. The van der Waals surface area contributed by atoms with Gasteiger partial charge in [0.05, 0.1) is 13.2 Å². The highest BCUT2D eigenvalue weighted by Gasteiger charge is 2.43. The number of aromatic nitrogens is 2. The molecule has 5 nitrogen and oxygen atoms in total. The lowest BCUT2D eigenvalue weighted by Crippen LogP contribution is -2.34. The van der Waals surface area contributed by atoms with Crippen molar-refractivity contribution in [3.63, 3.8) is 0 Å². The largest absolute Gasteiger partial charge is 0.465 e. The zero-order chi connectivity index (χ0) is 19.4. The van der Waals surface area contributed by atoms with Crippen molar-refractivity contribution in [1.82, 2.24) is 9.55 Å². The van der Waals surface area contributed by atoms with Crippen LogP contribution >= 0.6 is 22.9 Å². The zero-order valence-electron chi connectivity index (χ0n) is 15.5. The van der Waals surface area contributed by atoms with Gasteiger partial charge in [0.2, 0.25) is 0 Å². The number of nitrogens with zero attached hydrogens (tertiary/aromatic N) is 2. The minimum absolute atomic E-state index is 0.172. The van der Waals surface area contributed by atoms with Gasteiger partial charge in [-0.25, -0.2) is 4.98 Å². The van der Waals surface area contributed by atoms with E-state index < -0.39 is 5.41 Å². The molecule has 2 aromatic rings. The van der Waals surface area contributed by atoms with Crippen LogP contribution in [0.4, 0.5) is 0 Å². The number of carbonyl (C=O) groups is 2. The SMILES string of the molecule is CCCc1nc(Cl)c(C=O)n1Cc1ccc(C2(C(=O)OCC)CC=CC2)s1. The number of hydrogen-bond acceptors (Lipinski definition) is 5. The number of ether oxygens (including phenoxy) is 1. The molecule has 0 bridgehead atoms. The summed E-state index contributed by atoms with van der Waals surface area (Å²) < 4.78 is 7.22. The second-order valence-electron chi connectivity index (χ2n) is 6.61. The summed E-state index contributed by atoms with van der Waals surface area (Å²) in [4.78, 5) is 30.5. The van der Waals surface area contributed by atoms with Crippen molar-refractivity contribution in [3.8, 4) is 0 Å². The fraction of sp³-hybridized carbons (Fsp3) is 0.450. The van der Waals surface area contributed by atoms with Gasteiger partial charge in [0.25, 0.3) is 0 Å². The summed E-state index contributed by atoms with van der Waals surface area (Å²) in [5.41, 5.74) is -0.219. The number of thiophene rings is 1. The summed E-state index contributed by atoms with van der Waals surface area (Å²) in [6.45, 7) is 4.77. The minimum Gasteiger partial charge on any atom is -0.465 e. The quantitative estimate of drug-likeness (QED) is 0.366. The molecule has 0 amide bonds. The number of esters is 1. The average Bonchev–Trinajstić information content (AvgIpc) is 3.36. The number of imidazole rings is 1. The first-order valence-electron chi connectivity index (χ1n) is 9.17. The molecule has 2 heterocycles. The smallest absolute Gasteiger partial charge is 0.318 e. The highest BCUT2D eigenvalue weighted by Crippen LogP contribution is 2.42. The molecular weight excluding hydrogens is 384 g/mol. The Balaban J connectivity index is 1.91. The summed E-state index contributed by atoms with van der Waals surface area (Å²) in [6.07, 6.45) is 7.81. The second kappa shape index (κ2) is 8.40. The zero-order valence-corrected chi connectivity index (χ0v) is 17.1. The Morgan fingerprint density at radius 2 is 2.11 bits per heavy atom. The fourth-order valence-electron chi connectivity index (χ4n) is 3.45. The Labute approximate surface area is 168 Å². The standard InChI is InChI=1S/C20H23ClN2O3S/c1-3-7-17-22-18(21)15(13-24)23(17)12-14-8-9-16(27-14)20(10-5-6-11-20)19(25)26-4-2/h5-6,8-9,13H,3-4,7,10-12H2,1-2H3. The van der Waals surface area contributed by atoms with Gasteiger partial charge in [0.15, 0.2) is 11.4 Å². The molecule has 0 radical (unpaired) electrons. The van der Waals surface area contributed by atoms with Crippen LogP contribution in [0, 0.1) is 0 Å². The van der Waals surface area contributed by atoms with E-state index >= 15 is 0 Å². The van der Waals surface area contributed by atoms with Gasteiger partial charge < -0.3 is 9.30 Å². The molecular formula is C20H23ClN2O3S. The predicted molar refractivity (Wildman–Crippen MR) is 107 cm³/mol. The molecule has 0 saturated carbocycles. The Morgan fingerprint density at radius 3 is 2.74 bits per heavy atom. The summed E-state index contributed by atoms with van der Waals surface area (Å²) >= 11 is 7.72. The highest BCUT2D eigenvalue weighted by molar-refractivity contribution is 7.12. The van der Waals surface area contributed by atoms with Crippen molar-refractivity contribution in [1.29, 1.82) is 0 Å². The monoisotopic (exact) mass is 406 g/mol. The third kappa shape index (κ3) is 3.73. The number of halogens is 1. The first kappa shape index (κ1) is 19.8. The van der Waals surface area contributed by atoms with Crippen LogP contribution in [0.15, 0.2) is 24.3 Å². The van der Waals surface area contributed by atoms with Crippen molar-refractivity contribution in [2.45, 2.75) is 51.5 Å². The molecule has 0 spiro atoms. The Hall–Kier alpha value is -1.92. The van der Waals surface area contributed by atoms with E-state index in [-0.39, 0.29) is 11.1 Å². The molecule has 27 heavy (non-hydrogen) atoms. The number of carbonyl (C=O) groups excluding carboxylic acids is 2. The summed E-state index contributed by atoms with van der Waals surface area (Å²) in [7, 11) is 0. The first-order valence-corrected chi connectivity index (χ1v) is 10.4. The van der Waals surface area contributed by atoms with Crippen molar-refractivity contribution in [2.24, 2.45) is 0 Å². The van der Waals surface area contributed by atoms with Gasteiger partial charge in [0, 0.05) is 16.2 Å². The van der Waals surface area contributed by atoms with Crippen LogP contribution in [0.25, 0.3) is 0 Å². The van der Waals surface area contributed by atoms with E-state index in [0.717, 1.165) is 34.7 Å². The molecule has 144 valence electrons. The third-order valence-corrected chi connectivity index (χ3v) is 6.39. The molecule has 2 aromatic heterocycles. The maximum Gasteiger partial charge on any atom is 0.318 e. The molecule has 1 aliphatic rings. The molecule has 0 aromatic carbocycles. The lowest BCUT2D eigenvalue weighted by atomic mass is 9.84. The summed E-state index contributed by atoms with van der Waals surface area (Å²) in [5, 5.41) is 0.244. The van der Waals surface area contributed by atoms with Crippen molar-refractivity contribution < 1.29 is 14.3 Å². The number of aryl methyl sites for hydroxylation is 1. The van der Waals surface area contributed by atoms with Gasteiger partial charge in [-0.1, -0.05) is 30.7 Å². The van der Waals surface area contributed by atoms with E-state index in [9.17, 15) is 9.59 Å². The van der Waals surface area contributed by atoms with Crippen LogP contribution in [-0.4, -0.2) is 28.4 Å². The van der Waals surface area contributed by atoms with Crippen LogP contribution in [0.5, 0.6) is 0 Å². The Morgan fingerprint density at radius 1 is 1.37 bits per heavy atom. The molecule has 0 saturated heterocycles. The van der Waals surface area contributed by atoms with E-state index in [1.165, 1.54) is 0 Å². The molecule has 0 unspecified atom stereocenters. The van der Waals surface area contributed by atoms with E-state index in [0.29, 0.717) is 31.7 Å². The van der Waals surface area contributed by atoms with Crippen LogP contribution < -0.4 is 0 Å². The summed E-state index contributed by atoms with van der Waals surface area (Å²) in [6, 6.07) is 4.01. The molecule has 0 aliphatic heterocycles. The number of aldehydes is 1. The van der Waals surface area contributed by atoms with Crippen LogP contribution in [0.1, 0.15) is 59.2 Å². The van der Waals surface area contributed by atoms with Crippen LogP contribution in [0.3, 0.4) is 0 Å². The summed E-state index contributed by atoms with van der Waals surface area (Å²) in [5.74, 6) is 0.636. The molecule has 3 rings (SSSR count). The Kier molecular flexibility index (Phi) is 6.17. The van der Waals surface area contributed by atoms with Gasteiger partial charge >= 0.3 is 5.97 Å². The maximum absolute atomic E-state index is 12.6. The number of rotatable bonds is 8. The van der Waals surface area contributed by atoms with Crippen molar-refractivity contribution in [3.05, 3.63) is 50.7 Å². The highest BCUT2D eigenvalue weighted by atomic mass is 35.5. The van der Waals surface area contributed by atoms with E-state index in [4.69, 9.17) is 16.3 Å². The van der Waals surface area contributed by atoms with Crippen LogP contribution in [-0.2, 0) is 27.9 Å². The van der Waals surface area contributed by atoms with Gasteiger partial charge in [-0.2, -0.15) is 0 Å². The van der Waals surface area contributed by atoms with Gasteiger partial charge in [-0.3, -0.25) is 9.59 Å².